The Kier molecular flexibility index (Phi) is 5.01. The number of hydrogen-bond acceptors (Lipinski definition) is 5. The molecule has 3 aromatic rings. The first kappa shape index (κ1) is 17.7. The minimum absolute atomic E-state index is 0.378. The predicted molar refractivity (Wildman–Crippen MR) is 105 cm³/mol. The van der Waals surface area contributed by atoms with Gasteiger partial charge in [0.2, 0.25) is 6.10 Å². The van der Waals surface area contributed by atoms with Crippen molar-refractivity contribution in [1.29, 1.82) is 0 Å². The van der Waals surface area contributed by atoms with E-state index >= 15 is 0 Å². The molecule has 2 heterocycles. The van der Waals surface area contributed by atoms with Crippen LogP contribution >= 0.6 is 0 Å². The van der Waals surface area contributed by atoms with E-state index in [-0.39, 0.29) is 5.91 Å². The van der Waals surface area contributed by atoms with E-state index in [1.54, 1.807) is 18.5 Å². The Morgan fingerprint density at radius 3 is 2.29 bits per heavy atom. The molecule has 0 spiro atoms. The van der Waals surface area contributed by atoms with Gasteiger partial charge in [0.15, 0.2) is 17.6 Å². The van der Waals surface area contributed by atoms with Crippen LogP contribution in [-0.4, -0.2) is 22.7 Å². The smallest absolute Gasteiger partial charge is 0.285 e. The monoisotopic (exact) mass is 373 g/mol. The Morgan fingerprint density at radius 1 is 0.929 bits per heavy atom. The Labute approximate surface area is 162 Å². The van der Waals surface area contributed by atoms with E-state index in [2.05, 4.69) is 15.5 Å². The second-order valence-electron chi connectivity index (χ2n) is 6.34. The number of nitrogens with zero attached hydrogens (tertiary/aromatic N) is 2. The second-order valence-corrected chi connectivity index (χ2v) is 6.34. The third-order valence-electron chi connectivity index (χ3n) is 4.45. The summed E-state index contributed by atoms with van der Waals surface area (Å²) in [4.78, 5) is 16.9. The molecule has 2 atom stereocenters. The summed E-state index contributed by atoms with van der Waals surface area (Å²) >= 11 is 0. The summed E-state index contributed by atoms with van der Waals surface area (Å²) in [7, 11) is 0. The molecule has 4 rings (SSSR count). The van der Waals surface area contributed by atoms with Crippen LogP contribution in [0, 0.1) is 0 Å². The summed E-state index contributed by atoms with van der Waals surface area (Å²) in [6, 6.07) is 20.5. The molecule has 0 aliphatic carbocycles. The van der Waals surface area contributed by atoms with E-state index in [9.17, 15) is 4.79 Å². The Morgan fingerprint density at radius 2 is 1.57 bits per heavy atom. The van der Waals surface area contributed by atoms with Gasteiger partial charge in [0.05, 0.1) is 5.71 Å². The highest BCUT2D eigenvalue weighted by Gasteiger charge is 2.38. The minimum atomic E-state index is -0.869. The van der Waals surface area contributed by atoms with Gasteiger partial charge in [-0.05, 0) is 36.8 Å². The molecule has 0 bridgehead atoms. The number of fused-ring (bicyclic) bond motifs is 1. The van der Waals surface area contributed by atoms with Gasteiger partial charge in [0, 0.05) is 18.0 Å². The van der Waals surface area contributed by atoms with Crippen LogP contribution in [0.5, 0.6) is 11.5 Å². The minimum Gasteiger partial charge on any atom is -0.477 e. The lowest BCUT2D eigenvalue weighted by Gasteiger charge is -2.33. The molecule has 140 valence electrons. The van der Waals surface area contributed by atoms with Crippen LogP contribution in [0.25, 0.3) is 0 Å². The summed E-state index contributed by atoms with van der Waals surface area (Å²) in [5.74, 6) is 0.762. The summed E-state index contributed by atoms with van der Waals surface area (Å²) in [6.45, 7) is 1.82. The van der Waals surface area contributed by atoms with Gasteiger partial charge in [-0.15, -0.1) is 0 Å². The molecule has 1 amide bonds. The van der Waals surface area contributed by atoms with Gasteiger partial charge >= 0.3 is 0 Å². The van der Waals surface area contributed by atoms with Crippen LogP contribution < -0.4 is 14.9 Å². The van der Waals surface area contributed by atoms with Gasteiger partial charge < -0.3 is 9.47 Å². The lowest BCUT2D eigenvalue weighted by atomic mass is 10.0. The third-order valence-corrected chi connectivity index (χ3v) is 4.45. The predicted octanol–water partition coefficient (Wildman–Crippen LogP) is 3.50. The topological polar surface area (TPSA) is 72.8 Å². The molecule has 0 radical (unpaired) electrons. The second kappa shape index (κ2) is 7.92. The van der Waals surface area contributed by atoms with E-state index in [0.29, 0.717) is 17.2 Å². The molecule has 1 aliphatic heterocycles. The van der Waals surface area contributed by atoms with Crippen molar-refractivity contribution < 1.29 is 14.3 Å². The fourth-order valence-corrected chi connectivity index (χ4v) is 2.98. The standard InChI is InChI=1S/C22H19N3O3/c1-15(16-11-13-23-14-12-16)24-25-22(26)21-20(17-7-3-2-4-8-17)27-18-9-5-6-10-19(18)28-21/h2-14,20-21H,1H3,(H,25,26)/b24-15-/t20-,21+/m0/s1. The highest BCUT2D eigenvalue weighted by Crippen LogP contribution is 2.39. The number of carbonyl (C=O) groups is 1. The van der Waals surface area contributed by atoms with E-state index in [4.69, 9.17) is 9.47 Å². The van der Waals surface area contributed by atoms with E-state index < -0.39 is 12.2 Å². The van der Waals surface area contributed by atoms with Crippen molar-refractivity contribution in [1.82, 2.24) is 10.4 Å². The van der Waals surface area contributed by atoms with Crippen molar-refractivity contribution in [2.75, 3.05) is 0 Å². The first-order valence-corrected chi connectivity index (χ1v) is 8.94. The number of para-hydroxylation sites is 2. The quantitative estimate of drug-likeness (QED) is 0.561. The first-order chi connectivity index (χ1) is 13.7. The van der Waals surface area contributed by atoms with Crippen LogP contribution in [0.1, 0.15) is 24.2 Å². The normalized spacial score (nSPS) is 18.4. The molecule has 1 aliphatic rings. The lowest BCUT2D eigenvalue weighted by molar-refractivity contribution is -0.134. The highest BCUT2D eigenvalue weighted by molar-refractivity contribution is 5.99. The number of ether oxygens (including phenoxy) is 2. The van der Waals surface area contributed by atoms with Gasteiger partial charge in [-0.1, -0.05) is 42.5 Å². The number of carbonyl (C=O) groups excluding carboxylic acids is 1. The molecule has 0 fully saturated rings. The molecule has 1 aromatic heterocycles. The molecule has 2 aromatic carbocycles. The Balaban J connectivity index is 1.59. The van der Waals surface area contributed by atoms with Crippen molar-refractivity contribution in [2.24, 2.45) is 5.10 Å². The maximum absolute atomic E-state index is 12.9. The molecule has 0 saturated carbocycles. The van der Waals surface area contributed by atoms with E-state index in [0.717, 1.165) is 11.1 Å². The van der Waals surface area contributed by atoms with Crippen LogP contribution in [0.4, 0.5) is 0 Å². The zero-order valence-corrected chi connectivity index (χ0v) is 15.3. The van der Waals surface area contributed by atoms with Crippen molar-refractivity contribution >= 4 is 11.6 Å². The number of aromatic nitrogens is 1. The van der Waals surface area contributed by atoms with Crippen LogP contribution in [0.15, 0.2) is 84.2 Å². The average molecular weight is 373 g/mol. The van der Waals surface area contributed by atoms with Gasteiger partial charge in [0.25, 0.3) is 5.91 Å². The molecular weight excluding hydrogens is 354 g/mol. The summed E-state index contributed by atoms with van der Waals surface area (Å²) in [5.41, 5.74) is 5.00. The fourth-order valence-electron chi connectivity index (χ4n) is 2.98. The molecule has 6 heteroatoms. The van der Waals surface area contributed by atoms with Crippen molar-refractivity contribution in [3.63, 3.8) is 0 Å². The van der Waals surface area contributed by atoms with Crippen molar-refractivity contribution in [3.05, 3.63) is 90.3 Å². The van der Waals surface area contributed by atoms with Crippen molar-refractivity contribution in [2.45, 2.75) is 19.1 Å². The van der Waals surface area contributed by atoms with Crippen LogP contribution in [-0.2, 0) is 4.79 Å². The van der Waals surface area contributed by atoms with E-state index in [1.165, 1.54) is 0 Å². The summed E-state index contributed by atoms with van der Waals surface area (Å²) < 4.78 is 12.1. The number of pyridine rings is 1. The van der Waals surface area contributed by atoms with E-state index in [1.807, 2.05) is 67.6 Å². The van der Waals surface area contributed by atoms with Crippen LogP contribution in [0.3, 0.4) is 0 Å². The first-order valence-electron chi connectivity index (χ1n) is 8.94. The van der Waals surface area contributed by atoms with Crippen LogP contribution in [0.2, 0.25) is 0 Å². The summed E-state index contributed by atoms with van der Waals surface area (Å²) in [6.07, 6.45) is 1.91. The molecule has 0 saturated heterocycles. The average Bonchev–Trinajstić information content (AvgIpc) is 2.77. The number of hydrogen-bond donors (Lipinski definition) is 1. The Hall–Kier alpha value is -3.67. The lowest BCUT2D eigenvalue weighted by Crippen LogP contribution is -2.44. The highest BCUT2D eigenvalue weighted by atomic mass is 16.6. The molecular formula is C22H19N3O3. The van der Waals surface area contributed by atoms with Gasteiger partial charge in [-0.25, -0.2) is 5.43 Å². The number of rotatable bonds is 4. The van der Waals surface area contributed by atoms with Gasteiger partial charge in [0.1, 0.15) is 0 Å². The molecule has 1 N–H and O–H groups in total. The number of nitrogens with one attached hydrogen (secondary N) is 1. The number of amides is 1. The third kappa shape index (κ3) is 3.71. The summed E-state index contributed by atoms with van der Waals surface area (Å²) in [5, 5.41) is 4.21. The molecule has 0 unspecified atom stereocenters. The molecule has 6 nitrogen and oxygen atoms in total. The van der Waals surface area contributed by atoms with Gasteiger partial charge in [-0.2, -0.15) is 5.10 Å². The van der Waals surface area contributed by atoms with Gasteiger partial charge in [-0.3, -0.25) is 9.78 Å². The largest absolute Gasteiger partial charge is 0.477 e. The van der Waals surface area contributed by atoms with Crippen molar-refractivity contribution in [3.8, 4) is 11.5 Å². The zero-order valence-electron chi connectivity index (χ0n) is 15.3. The number of hydrazone groups is 1. The SMILES string of the molecule is C/C(=N/NC(=O)[C@@H]1Oc2ccccc2O[C@H]1c1ccccc1)c1ccncc1. The zero-order chi connectivity index (χ0) is 19.3. The molecule has 28 heavy (non-hydrogen) atoms. The maximum Gasteiger partial charge on any atom is 0.285 e. The fraction of sp³-hybridized carbons (Fsp3) is 0.136. The Bertz CT molecular complexity index is 990. The number of benzene rings is 2. The maximum atomic E-state index is 12.9.